The van der Waals surface area contributed by atoms with Crippen LogP contribution in [0, 0.1) is 37.7 Å². The summed E-state index contributed by atoms with van der Waals surface area (Å²) in [7, 11) is 0. The molecule has 4 heteroatoms. The molecule has 0 aliphatic rings. The van der Waals surface area contributed by atoms with Gasteiger partial charge in [0.05, 0.1) is 0 Å². The van der Waals surface area contributed by atoms with E-state index in [2.05, 4.69) is 0 Å². The summed E-state index contributed by atoms with van der Waals surface area (Å²) >= 11 is 0. The van der Waals surface area contributed by atoms with E-state index in [0.29, 0.717) is 0 Å². The van der Waals surface area contributed by atoms with Crippen molar-refractivity contribution in [3.8, 4) is 0 Å². The molecule has 1 nitrogen and oxygen atoms in total. The van der Waals surface area contributed by atoms with E-state index in [-0.39, 0.29) is 80.9 Å². The molecule has 4 heavy (non-hydrogen) atoms. The SMILES string of the molecule is [Ar].[Li+].[Li+].[O-2]. The summed E-state index contributed by atoms with van der Waals surface area (Å²) in [5, 5.41) is 0. The standard InChI is InChI=1S/Ar.2Li.O/q;2*+1;-2. The van der Waals surface area contributed by atoms with Crippen molar-refractivity contribution in [2.75, 3.05) is 0 Å². The van der Waals surface area contributed by atoms with E-state index in [1.165, 1.54) is 0 Å². The predicted molar refractivity (Wildman–Crippen MR) is 0.686 cm³/mol. The van der Waals surface area contributed by atoms with Gasteiger partial charge in [-0.2, -0.15) is 0 Å². The van der Waals surface area contributed by atoms with Gasteiger partial charge in [0.15, 0.2) is 0 Å². The molecule has 0 saturated heterocycles. The molecule has 0 aromatic heterocycles. The summed E-state index contributed by atoms with van der Waals surface area (Å²) < 4.78 is 0. The molecule has 0 aliphatic carbocycles. The zero-order chi connectivity index (χ0) is 0. The molecule has 0 N–H and O–H groups in total. The molecule has 0 aromatic carbocycles. The first-order valence-electron chi connectivity index (χ1n) is 0. The fourth-order valence-electron chi connectivity index (χ4n) is 0. The summed E-state index contributed by atoms with van der Waals surface area (Å²) in [4.78, 5) is 0. The van der Waals surface area contributed by atoms with Gasteiger partial charge in [-0.3, -0.25) is 0 Å². The molecule has 0 unspecified atom stereocenters. The Bertz CT molecular complexity index is 6.00. The van der Waals surface area contributed by atoms with Crippen molar-refractivity contribution in [3.05, 3.63) is 0 Å². The maximum absolute atomic E-state index is 0. The molecule has 0 radical (unpaired) electrons. The van der Waals surface area contributed by atoms with Crippen LogP contribution in [0.4, 0.5) is 0 Å². The van der Waals surface area contributed by atoms with Gasteiger partial charge in [0, 0.05) is 37.7 Å². The molecule has 16 valence electrons. The second kappa shape index (κ2) is 18.1. The predicted octanol–water partition coefficient (Wildman–Crippen LogP) is -6.11. The Balaban J connectivity index is 0. The molecule has 0 spiro atoms. The van der Waals surface area contributed by atoms with Crippen molar-refractivity contribution in [3.63, 3.8) is 0 Å². The fourth-order valence-corrected chi connectivity index (χ4v) is 0. The van der Waals surface area contributed by atoms with Crippen molar-refractivity contribution in [1.82, 2.24) is 0 Å². The smallest absolute Gasteiger partial charge is 1.00 e. The summed E-state index contributed by atoms with van der Waals surface area (Å²) in [5.74, 6) is 0. The average Bonchev–Trinajstić information content (AvgIpc) is 0. The Kier molecular flexibility index (Phi) is 146. The van der Waals surface area contributed by atoms with Gasteiger partial charge >= 0.3 is 37.7 Å². The van der Waals surface area contributed by atoms with E-state index in [0.717, 1.165) is 0 Å². The molecule has 0 aromatic rings. The Morgan fingerprint density at radius 2 is 0.750 bits per heavy atom. The largest absolute Gasteiger partial charge is 2.00 e. The number of rotatable bonds is 0. The molecule has 0 bridgehead atoms. The summed E-state index contributed by atoms with van der Waals surface area (Å²) in [6.45, 7) is 0. The van der Waals surface area contributed by atoms with Gasteiger partial charge in [0.1, 0.15) is 0 Å². The second-order valence-electron chi connectivity index (χ2n) is 0. The van der Waals surface area contributed by atoms with Crippen molar-refractivity contribution >= 4 is 0 Å². The van der Waals surface area contributed by atoms with Crippen molar-refractivity contribution in [2.45, 2.75) is 0 Å². The van der Waals surface area contributed by atoms with E-state index in [4.69, 9.17) is 0 Å². The van der Waals surface area contributed by atoms with Gasteiger partial charge in [0.25, 0.3) is 0 Å². The van der Waals surface area contributed by atoms with Gasteiger partial charge in [-0.1, -0.05) is 0 Å². The molecule has 0 fully saturated rings. The van der Waals surface area contributed by atoms with Crippen LogP contribution < -0.4 is 37.7 Å². The van der Waals surface area contributed by atoms with Crippen LogP contribution in [-0.4, -0.2) is 0 Å². The van der Waals surface area contributed by atoms with Crippen LogP contribution in [0.5, 0.6) is 0 Å². The van der Waals surface area contributed by atoms with E-state index in [9.17, 15) is 0 Å². The minimum Gasteiger partial charge on any atom is -2.00 e. The fraction of sp³-hybridized carbons (Fsp3) is 0. The van der Waals surface area contributed by atoms with Crippen molar-refractivity contribution < 1.29 is 80.9 Å². The van der Waals surface area contributed by atoms with E-state index in [1.807, 2.05) is 0 Å². The normalized spacial score (nSPS) is 0. The van der Waals surface area contributed by atoms with Gasteiger partial charge in [-0.15, -0.1) is 0 Å². The van der Waals surface area contributed by atoms with Crippen molar-refractivity contribution in [2.24, 2.45) is 0 Å². The Morgan fingerprint density at radius 3 is 0.750 bits per heavy atom. The minimum absolute atomic E-state index is 0. The van der Waals surface area contributed by atoms with Crippen LogP contribution in [0.3, 0.4) is 0 Å². The molecule has 0 atom stereocenters. The number of hydrogen-bond donors (Lipinski definition) is 0. The first-order chi connectivity index (χ1) is 0. The van der Waals surface area contributed by atoms with Crippen molar-refractivity contribution in [1.29, 1.82) is 0 Å². The van der Waals surface area contributed by atoms with Crippen LogP contribution in [0.25, 0.3) is 0 Å². The van der Waals surface area contributed by atoms with Crippen LogP contribution in [0.15, 0.2) is 0 Å². The first-order valence-corrected chi connectivity index (χ1v) is 0. The Morgan fingerprint density at radius 1 is 0.750 bits per heavy atom. The Labute approximate surface area is 79.6 Å². The third-order valence-corrected chi connectivity index (χ3v) is 0. The van der Waals surface area contributed by atoms with E-state index >= 15 is 0 Å². The summed E-state index contributed by atoms with van der Waals surface area (Å²) in [6, 6.07) is 0. The van der Waals surface area contributed by atoms with Gasteiger partial charge < -0.3 is 5.48 Å². The van der Waals surface area contributed by atoms with Crippen LogP contribution in [0.2, 0.25) is 0 Å². The summed E-state index contributed by atoms with van der Waals surface area (Å²) in [5.41, 5.74) is 0. The zero-order valence-corrected chi connectivity index (χ0v) is 3.47. The Hall–Kier alpha value is 2.41. The van der Waals surface area contributed by atoms with Crippen LogP contribution in [-0.2, 0) is 5.48 Å². The van der Waals surface area contributed by atoms with E-state index < -0.39 is 0 Å². The monoisotopic (exact) mass is 70.0 g/mol. The molecule has 0 amide bonds. The molecular weight excluding hydrogens is 69.8 g/mol. The molecule has 0 rings (SSSR count). The molecule has 0 saturated carbocycles. The molecular formula is ArLi2O. The third-order valence-electron chi connectivity index (χ3n) is 0. The number of hydrogen-bond acceptors (Lipinski definition) is 0. The zero-order valence-electron chi connectivity index (χ0n) is 2.76. The maximum atomic E-state index is 0. The van der Waals surface area contributed by atoms with Gasteiger partial charge in [0.2, 0.25) is 0 Å². The minimum atomic E-state index is 0. The first kappa shape index (κ1) is 32.3. The second-order valence-corrected chi connectivity index (χ2v) is 0. The quantitative estimate of drug-likeness (QED) is 0.254. The van der Waals surface area contributed by atoms with E-state index in [1.54, 1.807) is 0 Å². The summed E-state index contributed by atoms with van der Waals surface area (Å²) in [6.07, 6.45) is 0. The maximum Gasteiger partial charge on any atom is 1.00 e. The molecule has 0 aliphatic heterocycles. The van der Waals surface area contributed by atoms with Crippen LogP contribution in [0.1, 0.15) is 0 Å². The van der Waals surface area contributed by atoms with Gasteiger partial charge in [-0.25, -0.2) is 0 Å². The topological polar surface area (TPSA) is 28.5 Å². The van der Waals surface area contributed by atoms with Gasteiger partial charge in [-0.05, 0) is 0 Å². The van der Waals surface area contributed by atoms with Crippen LogP contribution >= 0.6 is 0 Å². The average molecular weight is 69.8 g/mol. The molecule has 0 heterocycles. The third kappa shape index (κ3) is 8.83.